The van der Waals surface area contributed by atoms with Gasteiger partial charge in [-0.2, -0.15) is 0 Å². The molecule has 29 heavy (non-hydrogen) atoms. The van der Waals surface area contributed by atoms with Gasteiger partial charge in [0.05, 0.1) is 0 Å². The maximum absolute atomic E-state index is 4.46. The minimum atomic E-state index is 1.11. The molecule has 0 bridgehead atoms. The van der Waals surface area contributed by atoms with Crippen molar-refractivity contribution in [2.24, 2.45) is 0 Å². The normalized spacial score (nSPS) is 19.4. The number of hydrogen-bond donors (Lipinski definition) is 0. The van der Waals surface area contributed by atoms with E-state index in [0.717, 1.165) is 26.1 Å². The van der Waals surface area contributed by atoms with Gasteiger partial charge in [-0.25, -0.2) is 0 Å². The second kappa shape index (κ2) is 8.23. The van der Waals surface area contributed by atoms with Crippen molar-refractivity contribution in [2.45, 2.75) is 38.6 Å². The zero-order valence-corrected chi connectivity index (χ0v) is 17.6. The molecule has 3 aliphatic heterocycles. The van der Waals surface area contributed by atoms with Crippen molar-refractivity contribution in [3.8, 4) is 0 Å². The van der Waals surface area contributed by atoms with E-state index in [-0.39, 0.29) is 0 Å². The Morgan fingerprint density at radius 2 is 1.59 bits per heavy atom. The van der Waals surface area contributed by atoms with Gasteiger partial charge in [0.1, 0.15) is 0 Å². The van der Waals surface area contributed by atoms with Gasteiger partial charge in [0.15, 0.2) is 0 Å². The number of anilines is 1. The standard InChI is InChI=1S/C26H33N3/c1-21-26-10-9-25(29-14-4-5-15-29)19-23(26)12-18-28(21)16-6-13-27-17-11-22-7-2-3-8-24(22)20-27/h2-3,7-10,19H,1,4-6,11-18,20H2. The molecule has 0 amide bonds. The average molecular weight is 388 g/mol. The molecule has 0 saturated carbocycles. The molecule has 2 aromatic rings. The Labute approximate surface area is 175 Å². The van der Waals surface area contributed by atoms with Gasteiger partial charge in [0, 0.05) is 62.8 Å². The lowest BCUT2D eigenvalue weighted by molar-refractivity contribution is 0.238. The summed E-state index contributed by atoms with van der Waals surface area (Å²) >= 11 is 0. The van der Waals surface area contributed by atoms with Crippen LogP contribution in [-0.2, 0) is 19.4 Å². The van der Waals surface area contributed by atoms with Crippen LogP contribution in [0, 0.1) is 0 Å². The molecule has 0 N–H and O–H groups in total. The van der Waals surface area contributed by atoms with Gasteiger partial charge < -0.3 is 9.80 Å². The van der Waals surface area contributed by atoms with Gasteiger partial charge in [-0.15, -0.1) is 0 Å². The molecule has 2 aromatic carbocycles. The zero-order valence-electron chi connectivity index (χ0n) is 17.6. The number of rotatable bonds is 5. The van der Waals surface area contributed by atoms with Crippen molar-refractivity contribution in [2.75, 3.05) is 44.2 Å². The maximum atomic E-state index is 4.46. The summed E-state index contributed by atoms with van der Waals surface area (Å²) in [5.41, 5.74) is 8.55. The summed E-state index contributed by atoms with van der Waals surface area (Å²) in [6.07, 6.45) is 6.22. The summed E-state index contributed by atoms with van der Waals surface area (Å²) in [6.45, 7) is 12.6. The summed E-state index contributed by atoms with van der Waals surface area (Å²) in [7, 11) is 0. The third kappa shape index (κ3) is 3.93. The molecular formula is C26H33N3. The highest BCUT2D eigenvalue weighted by Gasteiger charge is 2.22. The summed E-state index contributed by atoms with van der Waals surface area (Å²) in [4.78, 5) is 7.66. The molecule has 1 saturated heterocycles. The van der Waals surface area contributed by atoms with Crippen LogP contribution in [0.25, 0.3) is 5.70 Å². The van der Waals surface area contributed by atoms with E-state index >= 15 is 0 Å². The first kappa shape index (κ1) is 18.7. The zero-order chi connectivity index (χ0) is 19.6. The first-order chi connectivity index (χ1) is 14.3. The van der Waals surface area contributed by atoms with E-state index in [0.29, 0.717) is 0 Å². The molecule has 1 fully saturated rings. The Kier molecular flexibility index (Phi) is 5.32. The third-order valence-electron chi connectivity index (χ3n) is 7.02. The lowest BCUT2D eigenvalue weighted by atomic mass is 9.96. The molecule has 0 spiro atoms. The fraction of sp³-hybridized carbons (Fsp3) is 0.462. The van der Waals surface area contributed by atoms with E-state index in [2.05, 4.69) is 63.7 Å². The van der Waals surface area contributed by atoms with Gasteiger partial charge in [0.25, 0.3) is 0 Å². The molecule has 152 valence electrons. The van der Waals surface area contributed by atoms with Crippen molar-refractivity contribution < 1.29 is 0 Å². The van der Waals surface area contributed by atoms with Crippen LogP contribution < -0.4 is 4.90 Å². The topological polar surface area (TPSA) is 9.72 Å². The Morgan fingerprint density at radius 3 is 2.45 bits per heavy atom. The lowest BCUT2D eigenvalue weighted by Gasteiger charge is -2.35. The number of hydrogen-bond acceptors (Lipinski definition) is 3. The van der Waals surface area contributed by atoms with Gasteiger partial charge in [0.2, 0.25) is 0 Å². The second-order valence-corrected chi connectivity index (χ2v) is 8.87. The molecular weight excluding hydrogens is 354 g/mol. The highest BCUT2D eigenvalue weighted by molar-refractivity contribution is 5.70. The fourth-order valence-corrected chi connectivity index (χ4v) is 5.28. The molecule has 3 aliphatic rings. The molecule has 0 atom stereocenters. The minimum absolute atomic E-state index is 1.11. The van der Waals surface area contributed by atoms with E-state index in [9.17, 15) is 0 Å². The van der Waals surface area contributed by atoms with Crippen LogP contribution in [0.4, 0.5) is 5.69 Å². The van der Waals surface area contributed by atoms with Crippen molar-refractivity contribution in [3.05, 3.63) is 71.3 Å². The van der Waals surface area contributed by atoms with Crippen LogP contribution in [0.3, 0.4) is 0 Å². The minimum Gasteiger partial charge on any atom is -0.372 e. The molecule has 3 heteroatoms. The molecule has 0 aliphatic carbocycles. The smallest absolute Gasteiger partial charge is 0.0369 e. The molecule has 0 aromatic heterocycles. The highest BCUT2D eigenvalue weighted by Crippen LogP contribution is 2.32. The first-order valence-corrected chi connectivity index (χ1v) is 11.4. The van der Waals surface area contributed by atoms with E-state index in [4.69, 9.17) is 0 Å². The Bertz CT molecular complexity index is 881. The van der Waals surface area contributed by atoms with E-state index in [1.165, 1.54) is 85.5 Å². The molecule has 3 nitrogen and oxygen atoms in total. The summed E-state index contributed by atoms with van der Waals surface area (Å²) in [6, 6.07) is 16.0. The predicted molar refractivity (Wildman–Crippen MR) is 122 cm³/mol. The maximum Gasteiger partial charge on any atom is 0.0369 e. The molecule has 5 rings (SSSR count). The number of nitrogens with zero attached hydrogens (tertiary/aromatic N) is 3. The van der Waals surface area contributed by atoms with Crippen LogP contribution in [-0.4, -0.2) is 49.1 Å². The third-order valence-corrected chi connectivity index (χ3v) is 7.02. The Hall–Kier alpha value is -2.26. The van der Waals surface area contributed by atoms with E-state index in [1.54, 1.807) is 0 Å². The van der Waals surface area contributed by atoms with Gasteiger partial charge >= 0.3 is 0 Å². The van der Waals surface area contributed by atoms with Crippen molar-refractivity contribution in [1.29, 1.82) is 0 Å². The summed E-state index contributed by atoms with van der Waals surface area (Å²) < 4.78 is 0. The van der Waals surface area contributed by atoms with E-state index in [1.807, 2.05) is 0 Å². The SMILES string of the molecule is C=C1c2ccc(N3CCCC3)cc2CCN1CCCN1CCc2ccccc2C1. The van der Waals surface area contributed by atoms with Crippen molar-refractivity contribution in [3.63, 3.8) is 0 Å². The largest absolute Gasteiger partial charge is 0.372 e. The van der Waals surface area contributed by atoms with Crippen LogP contribution in [0.2, 0.25) is 0 Å². The first-order valence-electron chi connectivity index (χ1n) is 11.4. The van der Waals surface area contributed by atoms with Gasteiger partial charge in [-0.1, -0.05) is 36.9 Å². The van der Waals surface area contributed by atoms with Crippen LogP contribution in [0.1, 0.15) is 41.5 Å². The van der Waals surface area contributed by atoms with Crippen LogP contribution in [0.5, 0.6) is 0 Å². The Balaban J connectivity index is 1.16. The van der Waals surface area contributed by atoms with Crippen molar-refractivity contribution >= 4 is 11.4 Å². The number of fused-ring (bicyclic) bond motifs is 2. The quantitative estimate of drug-likeness (QED) is 0.744. The lowest BCUT2D eigenvalue weighted by Crippen LogP contribution is -2.35. The molecule has 0 unspecified atom stereocenters. The van der Waals surface area contributed by atoms with Gasteiger partial charge in [-0.3, -0.25) is 4.90 Å². The van der Waals surface area contributed by atoms with Crippen LogP contribution >= 0.6 is 0 Å². The van der Waals surface area contributed by atoms with Crippen molar-refractivity contribution in [1.82, 2.24) is 9.80 Å². The average Bonchev–Trinajstić information content (AvgIpc) is 3.30. The van der Waals surface area contributed by atoms with E-state index < -0.39 is 0 Å². The highest BCUT2D eigenvalue weighted by atomic mass is 15.2. The Morgan fingerprint density at radius 1 is 0.793 bits per heavy atom. The fourth-order valence-electron chi connectivity index (χ4n) is 5.28. The predicted octanol–water partition coefficient (Wildman–Crippen LogP) is 4.56. The molecule has 3 heterocycles. The monoisotopic (exact) mass is 387 g/mol. The molecule has 0 radical (unpaired) electrons. The number of benzene rings is 2. The van der Waals surface area contributed by atoms with Gasteiger partial charge in [-0.05, 0) is 60.9 Å². The summed E-state index contributed by atoms with van der Waals surface area (Å²) in [5.74, 6) is 0. The van der Waals surface area contributed by atoms with Crippen LogP contribution in [0.15, 0.2) is 49.0 Å². The summed E-state index contributed by atoms with van der Waals surface area (Å²) in [5, 5.41) is 0. The second-order valence-electron chi connectivity index (χ2n) is 8.87.